The maximum absolute atomic E-state index is 12.4. The normalized spacial score (nSPS) is 15.9. The number of carbonyl (C=O) groups is 2. The summed E-state index contributed by atoms with van der Waals surface area (Å²) in [6.07, 6.45) is 0.374. The maximum atomic E-state index is 12.4. The number of hydrogen-bond donors (Lipinski definition) is 2. The molecule has 0 fully saturated rings. The van der Waals surface area contributed by atoms with Crippen LogP contribution in [0.3, 0.4) is 0 Å². The van der Waals surface area contributed by atoms with Crippen LogP contribution in [0.1, 0.15) is 37.0 Å². The molecule has 0 aliphatic carbocycles. The van der Waals surface area contributed by atoms with Gasteiger partial charge in [0.15, 0.2) is 11.5 Å². The molecule has 0 bridgehead atoms. The van der Waals surface area contributed by atoms with Crippen LogP contribution < -0.4 is 14.8 Å². The molecule has 1 unspecified atom stereocenters. The fraction of sp³-hybridized carbons (Fsp3) is 0.467. The van der Waals surface area contributed by atoms with Crippen LogP contribution in [0.2, 0.25) is 0 Å². The van der Waals surface area contributed by atoms with Crippen LogP contribution in [-0.2, 0) is 4.79 Å². The topological polar surface area (TPSA) is 84.9 Å². The van der Waals surface area contributed by atoms with Gasteiger partial charge in [-0.15, -0.1) is 0 Å². The minimum Gasteiger partial charge on any atom is -0.486 e. The Labute approximate surface area is 123 Å². The van der Waals surface area contributed by atoms with Crippen molar-refractivity contribution in [2.45, 2.75) is 32.2 Å². The lowest BCUT2D eigenvalue weighted by molar-refractivity contribution is -0.138. The van der Waals surface area contributed by atoms with E-state index in [0.29, 0.717) is 36.7 Å². The van der Waals surface area contributed by atoms with E-state index in [4.69, 9.17) is 14.6 Å². The molecule has 114 valence electrons. The molecule has 6 heteroatoms. The molecule has 0 saturated heterocycles. The predicted octanol–water partition coefficient (Wildman–Crippen LogP) is 1.83. The first-order chi connectivity index (χ1) is 9.95. The molecule has 0 saturated carbocycles. The van der Waals surface area contributed by atoms with E-state index >= 15 is 0 Å². The number of carboxylic acid groups (broad SMARTS) is 1. The highest BCUT2D eigenvalue weighted by Gasteiger charge is 2.30. The Balaban J connectivity index is 2.22. The summed E-state index contributed by atoms with van der Waals surface area (Å²) >= 11 is 0. The Morgan fingerprint density at radius 2 is 2.05 bits per heavy atom. The molecule has 1 heterocycles. The molecule has 2 rings (SSSR count). The molecule has 1 atom stereocenters. The van der Waals surface area contributed by atoms with E-state index in [0.717, 1.165) is 0 Å². The van der Waals surface area contributed by atoms with Gasteiger partial charge in [-0.3, -0.25) is 9.59 Å². The van der Waals surface area contributed by atoms with Crippen LogP contribution in [0, 0.1) is 0 Å². The third-order valence-electron chi connectivity index (χ3n) is 3.55. The van der Waals surface area contributed by atoms with Crippen molar-refractivity contribution >= 4 is 11.9 Å². The van der Waals surface area contributed by atoms with E-state index in [9.17, 15) is 9.59 Å². The number of nitrogens with one attached hydrogen (secondary N) is 1. The summed E-state index contributed by atoms with van der Waals surface area (Å²) in [6.45, 7) is 4.39. The standard InChI is InChI=1S/C15H19NO5/c1-3-15(2,9-12(17)18)16-14(19)10-5-4-6-11-13(10)21-8-7-20-11/h4-6H,3,7-9H2,1-2H3,(H,16,19)(H,17,18). The van der Waals surface area contributed by atoms with Crippen molar-refractivity contribution < 1.29 is 24.2 Å². The van der Waals surface area contributed by atoms with Crippen molar-refractivity contribution in [1.82, 2.24) is 5.32 Å². The van der Waals surface area contributed by atoms with Gasteiger partial charge in [0.1, 0.15) is 13.2 Å². The fourth-order valence-corrected chi connectivity index (χ4v) is 2.19. The second-order valence-electron chi connectivity index (χ2n) is 5.27. The van der Waals surface area contributed by atoms with Crippen LogP contribution in [-0.4, -0.2) is 35.7 Å². The van der Waals surface area contributed by atoms with Crippen molar-refractivity contribution in [3.05, 3.63) is 23.8 Å². The van der Waals surface area contributed by atoms with Crippen LogP contribution in [0.5, 0.6) is 11.5 Å². The van der Waals surface area contributed by atoms with Crippen molar-refractivity contribution in [2.75, 3.05) is 13.2 Å². The molecule has 0 spiro atoms. The number of carbonyl (C=O) groups excluding carboxylic acids is 1. The largest absolute Gasteiger partial charge is 0.486 e. The number of amides is 1. The van der Waals surface area contributed by atoms with Crippen molar-refractivity contribution in [1.29, 1.82) is 0 Å². The number of carboxylic acids is 1. The second kappa shape index (κ2) is 6.03. The van der Waals surface area contributed by atoms with E-state index in [2.05, 4.69) is 5.32 Å². The SMILES string of the molecule is CCC(C)(CC(=O)O)NC(=O)c1cccc2c1OCCO2. The highest BCUT2D eigenvalue weighted by molar-refractivity contribution is 5.98. The minimum atomic E-state index is -0.950. The van der Waals surface area contributed by atoms with E-state index in [1.165, 1.54) is 0 Å². The molecule has 1 aliphatic heterocycles. The van der Waals surface area contributed by atoms with Crippen molar-refractivity contribution in [2.24, 2.45) is 0 Å². The van der Waals surface area contributed by atoms with Gasteiger partial charge in [-0.2, -0.15) is 0 Å². The summed E-state index contributed by atoms with van der Waals surface area (Å²) in [5.74, 6) is -0.363. The fourth-order valence-electron chi connectivity index (χ4n) is 2.19. The average Bonchev–Trinajstić information content (AvgIpc) is 2.45. The molecule has 1 aliphatic rings. The van der Waals surface area contributed by atoms with Crippen molar-refractivity contribution in [3.8, 4) is 11.5 Å². The Morgan fingerprint density at radius 1 is 1.33 bits per heavy atom. The van der Waals surface area contributed by atoms with Crippen LogP contribution in [0.15, 0.2) is 18.2 Å². The number of hydrogen-bond acceptors (Lipinski definition) is 4. The molecular weight excluding hydrogens is 274 g/mol. The third-order valence-corrected chi connectivity index (χ3v) is 3.55. The molecule has 1 aromatic rings. The van der Waals surface area contributed by atoms with Gasteiger partial charge in [0.05, 0.1) is 12.0 Å². The lowest BCUT2D eigenvalue weighted by atomic mass is 9.94. The second-order valence-corrected chi connectivity index (χ2v) is 5.27. The smallest absolute Gasteiger partial charge is 0.305 e. The number of benzene rings is 1. The Bertz CT molecular complexity index is 557. The monoisotopic (exact) mass is 293 g/mol. The van der Waals surface area contributed by atoms with E-state index in [-0.39, 0.29) is 12.3 Å². The summed E-state index contributed by atoms with van der Waals surface area (Å²) in [6, 6.07) is 5.09. The summed E-state index contributed by atoms with van der Waals surface area (Å²) in [7, 11) is 0. The van der Waals surface area contributed by atoms with Gasteiger partial charge in [0.25, 0.3) is 5.91 Å². The Hall–Kier alpha value is -2.24. The maximum Gasteiger partial charge on any atom is 0.305 e. The molecule has 1 amide bonds. The van der Waals surface area contributed by atoms with E-state index in [1.807, 2.05) is 6.92 Å². The number of ether oxygens (including phenoxy) is 2. The van der Waals surface area contributed by atoms with Crippen LogP contribution in [0.25, 0.3) is 0 Å². The first kappa shape index (κ1) is 15.2. The zero-order chi connectivity index (χ0) is 15.5. The highest BCUT2D eigenvalue weighted by atomic mass is 16.6. The lowest BCUT2D eigenvalue weighted by Gasteiger charge is -2.29. The molecule has 0 aromatic heterocycles. The molecular formula is C15H19NO5. The summed E-state index contributed by atoms with van der Waals surface area (Å²) in [5.41, 5.74) is -0.446. The molecule has 2 N–H and O–H groups in total. The van der Waals surface area contributed by atoms with E-state index < -0.39 is 11.5 Å². The first-order valence-electron chi connectivity index (χ1n) is 6.88. The Morgan fingerprint density at radius 3 is 2.71 bits per heavy atom. The summed E-state index contributed by atoms with van der Waals surface area (Å²) in [4.78, 5) is 23.4. The molecule has 21 heavy (non-hydrogen) atoms. The van der Waals surface area contributed by atoms with Crippen LogP contribution in [0.4, 0.5) is 0 Å². The van der Waals surface area contributed by atoms with E-state index in [1.54, 1.807) is 25.1 Å². The van der Waals surface area contributed by atoms with Gasteiger partial charge < -0.3 is 19.9 Å². The number of para-hydroxylation sites is 1. The lowest BCUT2D eigenvalue weighted by Crippen LogP contribution is -2.47. The van der Waals surface area contributed by atoms with Gasteiger partial charge in [-0.25, -0.2) is 0 Å². The highest BCUT2D eigenvalue weighted by Crippen LogP contribution is 2.33. The number of aliphatic carboxylic acids is 1. The van der Waals surface area contributed by atoms with Gasteiger partial charge in [0, 0.05) is 5.54 Å². The number of fused-ring (bicyclic) bond motifs is 1. The predicted molar refractivity (Wildman–Crippen MR) is 75.8 cm³/mol. The average molecular weight is 293 g/mol. The Kier molecular flexibility index (Phi) is 4.35. The summed E-state index contributed by atoms with van der Waals surface area (Å²) < 4.78 is 10.9. The summed E-state index contributed by atoms with van der Waals surface area (Å²) in [5, 5.41) is 11.7. The van der Waals surface area contributed by atoms with Gasteiger partial charge in [-0.1, -0.05) is 13.0 Å². The number of rotatable bonds is 5. The third kappa shape index (κ3) is 3.45. The first-order valence-corrected chi connectivity index (χ1v) is 6.88. The zero-order valence-electron chi connectivity index (χ0n) is 12.1. The zero-order valence-corrected chi connectivity index (χ0v) is 12.1. The van der Waals surface area contributed by atoms with Gasteiger partial charge >= 0.3 is 5.97 Å². The quantitative estimate of drug-likeness (QED) is 0.865. The van der Waals surface area contributed by atoms with Gasteiger partial charge in [-0.05, 0) is 25.5 Å². The molecule has 0 radical (unpaired) electrons. The molecule has 6 nitrogen and oxygen atoms in total. The van der Waals surface area contributed by atoms with Crippen molar-refractivity contribution in [3.63, 3.8) is 0 Å². The van der Waals surface area contributed by atoms with Gasteiger partial charge in [0.2, 0.25) is 0 Å². The minimum absolute atomic E-state index is 0.137. The van der Waals surface area contributed by atoms with Crippen LogP contribution >= 0.6 is 0 Å². The molecule has 1 aromatic carbocycles.